The number of pyridine rings is 1. The van der Waals surface area contributed by atoms with E-state index in [2.05, 4.69) is 21.5 Å². The number of hydrogen-bond acceptors (Lipinski definition) is 6. The van der Waals surface area contributed by atoms with Gasteiger partial charge in [-0.1, -0.05) is 6.08 Å². The molecular weight excluding hydrogens is 315 g/mol. The van der Waals surface area contributed by atoms with Crippen molar-refractivity contribution in [2.45, 2.75) is 20.3 Å². The normalized spacial score (nSPS) is 12.8. The zero-order valence-electron chi connectivity index (χ0n) is 13.6. The van der Waals surface area contributed by atoms with Crippen LogP contribution >= 0.6 is 0 Å². The van der Waals surface area contributed by atoms with E-state index >= 15 is 0 Å². The molecule has 0 unspecified atom stereocenters. The fourth-order valence-electron chi connectivity index (χ4n) is 1.86. The van der Waals surface area contributed by atoms with E-state index in [0.29, 0.717) is 29.9 Å². The molecule has 0 bridgehead atoms. The SMILES string of the molecule is C=CC.CCOC(=O)c1ccnc(C2=NCCC(C(=O)OF)=C2)c1. The molecule has 0 saturated heterocycles. The Balaban J connectivity index is 0.000000891. The summed E-state index contributed by atoms with van der Waals surface area (Å²) in [4.78, 5) is 34.4. The molecule has 0 radical (unpaired) electrons. The van der Waals surface area contributed by atoms with Crippen LogP contribution in [0.5, 0.6) is 0 Å². The van der Waals surface area contributed by atoms with Crippen molar-refractivity contribution in [1.82, 2.24) is 4.98 Å². The molecule has 0 aliphatic carbocycles. The van der Waals surface area contributed by atoms with Crippen LogP contribution in [0.2, 0.25) is 0 Å². The number of esters is 1. The number of rotatable bonds is 4. The van der Waals surface area contributed by atoms with Crippen LogP contribution in [-0.2, 0) is 14.5 Å². The van der Waals surface area contributed by atoms with Crippen molar-refractivity contribution in [1.29, 1.82) is 0 Å². The van der Waals surface area contributed by atoms with Crippen molar-refractivity contribution in [2.75, 3.05) is 13.2 Å². The second-order valence-electron chi connectivity index (χ2n) is 4.61. The lowest BCUT2D eigenvalue weighted by atomic mass is 10.0. The van der Waals surface area contributed by atoms with Crippen LogP contribution in [0.15, 0.2) is 47.6 Å². The molecule has 7 heteroatoms. The quantitative estimate of drug-likeness (QED) is 0.625. The van der Waals surface area contributed by atoms with Crippen LogP contribution in [0.25, 0.3) is 0 Å². The fraction of sp³-hybridized carbons (Fsp3) is 0.294. The minimum atomic E-state index is -1.04. The number of halogens is 1. The molecule has 24 heavy (non-hydrogen) atoms. The number of ether oxygens (including phenoxy) is 1. The molecule has 128 valence electrons. The number of dihydropyridines is 1. The summed E-state index contributed by atoms with van der Waals surface area (Å²) >= 11 is 0. The Morgan fingerprint density at radius 1 is 1.42 bits per heavy atom. The molecule has 0 saturated carbocycles. The van der Waals surface area contributed by atoms with Gasteiger partial charge in [0.15, 0.2) is 0 Å². The predicted octanol–water partition coefficient (Wildman–Crippen LogP) is 3.00. The molecule has 1 aromatic heterocycles. The van der Waals surface area contributed by atoms with Gasteiger partial charge in [0, 0.05) is 22.8 Å². The zero-order valence-corrected chi connectivity index (χ0v) is 13.6. The highest BCUT2D eigenvalue weighted by Crippen LogP contribution is 2.15. The van der Waals surface area contributed by atoms with Crippen molar-refractivity contribution < 1.29 is 23.8 Å². The Morgan fingerprint density at radius 2 is 2.12 bits per heavy atom. The predicted molar refractivity (Wildman–Crippen MR) is 87.4 cm³/mol. The van der Waals surface area contributed by atoms with Gasteiger partial charge >= 0.3 is 11.9 Å². The summed E-state index contributed by atoms with van der Waals surface area (Å²) in [6.07, 6.45) is 4.90. The van der Waals surface area contributed by atoms with Gasteiger partial charge in [0.2, 0.25) is 0 Å². The first-order chi connectivity index (χ1) is 11.6. The second-order valence-corrected chi connectivity index (χ2v) is 4.61. The van der Waals surface area contributed by atoms with Crippen molar-refractivity contribution in [3.05, 3.63) is 53.9 Å². The number of aromatic nitrogens is 1. The van der Waals surface area contributed by atoms with Crippen LogP contribution in [-0.4, -0.2) is 35.8 Å². The van der Waals surface area contributed by atoms with Gasteiger partial charge in [-0.25, -0.2) is 14.5 Å². The maximum absolute atomic E-state index is 11.9. The average Bonchev–Trinajstić information content (AvgIpc) is 2.62. The summed E-state index contributed by atoms with van der Waals surface area (Å²) in [5.74, 6) is -1.51. The second kappa shape index (κ2) is 10.0. The van der Waals surface area contributed by atoms with Crippen molar-refractivity contribution >= 4 is 17.7 Å². The van der Waals surface area contributed by atoms with E-state index < -0.39 is 11.9 Å². The number of aliphatic imine (C=N–C) groups is 1. The van der Waals surface area contributed by atoms with Gasteiger partial charge < -0.3 is 4.74 Å². The molecule has 1 aromatic rings. The number of allylic oxidation sites excluding steroid dienone is 2. The molecule has 6 nitrogen and oxygen atoms in total. The van der Waals surface area contributed by atoms with Gasteiger partial charge in [0.25, 0.3) is 0 Å². The van der Waals surface area contributed by atoms with Gasteiger partial charge in [0.1, 0.15) is 0 Å². The molecular formula is C17H19FN2O4. The van der Waals surface area contributed by atoms with Crippen molar-refractivity contribution in [3.8, 4) is 0 Å². The van der Waals surface area contributed by atoms with E-state index in [9.17, 15) is 14.1 Å². The van der Waals surface area contributed by atoms with Crippen LogP contribution in [0.3, 0.4) is 0 Å². The number of hydrogen-bond donors (Lipinski definition) is 0. The highest BCUT2D eigenvalue weighted by molar-refractivity contribution is 6.12. The lowest BCUT2D eigenvalue weighted by Crippen LogP contribution is -2.14. The summed E-state index contributed by atoms with van der Waals surface area (Å²) in [6.45, 7) is 7.55. The van der Waals surface area contributed by atoms with Crippen LogP contribution < -0.4 is 0 Å². The highest BCUT2D eigenvalue weighted by Gasteiger charge is 2.18. The van der Waals surface area contributed by atoms with E-state index in [4.69, 9.17) is 4.74 Å². The molecule has 0 amide bonds. The molecule has 2 rings (SSSR count). The minimum Gasteiger partial charge on any atom is -0.462 e. The molecule has 1 aliphatic heterocycles. The monoisotopic (exact) mass is 334 g/mol. The standard InChI is InChI=1S/C14H13FN2O4.C3H6/c1-2-20-13(18)9-3-5-16-11(7-9)12-8-10(4-6-17-12)14(19)21-15;1-3-2/h3,5,7-8H,2,4,6H2,1H3;3H,1H2,2H3. The summed E-state index contributed by atoms with van der Waals surface area (Å²) < 4.78 is 16.8. The molecule has 1 aliphatic rings. The van der Waals surface area contributed by atoms with E-state index in [0.717, 1.165) is 0 Å². The molecule has 0 aromatic carbocycles. The highest BCUT2D eigenvalue weighted by atomic mass is 19.3. The van der Waals surface area contributed by atoms with E-state index in [-0.39, 0.29) is 12.2 Å². The van der Waals surface area contributed by atoms with Crippen LogP contribution in [0.4, 0.5) is 4.53 Å². The van der Waals surface area contributed by atoms with E-state index in [1.54, 1.807) is 13.0 Å². The maximum Gasteiger partial charge on any atom is 0.375 e. The molecule has 0 fully saturated rings. The van der Waals surface area contributed by atoms with Gasteiger partial charge in [-0.3, -0.25) is 9.98 Å². The molecule has 0 spiro atoms. The fourth-order valence-corrected chi connectivity index (χ4v) is 1.86. The number of nitrogens with zero attached hydrogens (tertiary/aromatic N) is 2. The number of carbonyl (C=O) groups is 2. The van der Waals surface area contributed by atoms with Crippen molar-refractivity contribution in [2.24, 2.45) is 4.99 Å². The summed E-state index contributed by atoms with van der Waals surface area (Å²) in [5, 5.41) is 0. The zero-order chi connectivity index (χ0) is 17.9. The lowest BCUT2D eigenvalue weighted by Gasteiger charge is -2.10. The van der Waals surface area contributed by atoms with Gasteiger partial charge in [-0.15, -0.1) is 6.58 Å². The van der Waals surface area contributed by atoms with Crippen LogP contribution in [0.1, 0.15) is 36.3 Å². The maximum atomic E-state index is 11.9. The first-order valence-electron chi connectivity index (χ1n) is 7.35. The minimum absolute atomic E-state index is 0.172. The van der Waals surface area contributed by atoms with Gasteiger partial charge in [-0.2, -0.15) is 0 Å². The Morgan fingerprint density at radius 3 is 2.75 bits per heavy atom. The first kappa shape index (κ1) is 19.2. The smallest absolute Gasteiger partial charge is 0.375 e. The lowest BCUT2D eigenvalue weighted by molar-refractivity contribution is -0.178. The molecule has 0 N–H and O–H groups in total. The largest absolute Gasteiger partial charge is 0.462 e. The summed E-state index contributed by atoms with van der Waals surface area (Å²) in [5.41, 5.74) is 1.31. The topological polar surface area (TPSA) is 77.9 Å². The van der Waals surface area contributed by atoms with E-state index in [1.165, 1.54) is 24.4 Å². The average molecular weight is 334 g/mol. The Kier molecular flexibility index (Phi) is 8.04. The first-order valence-corrected chi connectivity index (χ1v) is 7.35. The van der Waals surface area contributed by atoms with Crippen molar-refractivity contribution in [3.63, 3.8) is 0 Å². The third kappa shape index (κ3) is 5.42. The number of carbonyl (C=O) groups excluding carboxylic acids is 2. The third-order valence-electron chi connectivity index (χ3n) is 2.84. The Labute approximate surface area is 139 Å². The Hall–Kier alpha value is -2.83. The molecule has 0 atom stereocenters. The molecule has 2 heterocycles. The van der Waals surface area contributed by atoms with Gasteiger partial charge in [-0.05, 0) is 38.5 Å². The van der Waals surface area contributed by atoms with E-state index in [1.807, 2.05) is 6.92 Å². The summed E-state index contributed by atoms with van der Waals surface area (Å²) in [7, 11) is 0. The van der Waals surface area contributed by atoms with Gasteiger partial charge in [0.05, 0.1) is 23.6 Å². The summed E-state index contributed by atoms with van der Waals surface area (Å²) in [6, 6.07) is 3.03. The van der Waals surface area contributed by atoms with Crippen LogP contribution in [0, 0.1) is 0 Å². The third-order valence-corrected chi connectivity index (χ3v) is 2.84. The Bertz CT molecular complexity index is 668.